The van der Waals surface area contributed by atoms with Gasteiger partial charge in [-0.3, -0.25) is 9.69 Å². The zero-order valence-electron chi connectivity index (χ0n) is 19.2. The number of benzene rings is 2. The van der Waals surface area contributed by atoms with Crippen LogP contribution in [0.2, 0.25) is 0 Å². The minimum Gasteiger partial charge on any atom is -0.497 e. The summed E-state index contributed by atoms with van der Waals surface area (Å²) < 4.78 is 5.14. The molecule has 2 heterocycles. The van der Waals surface area contributed by atoms with Crippen LogP contribution in [0.1, 0.15) is 20.8 Å². The lowest BCUT2D eigenvalue weighted by Gasteiger charge is -2.35. The minimum atomic E-state index is -1.23. The van der Waals surface area contributed by atoms with Crippen molar-refractivity contribution in [2.75, 3.05) is 62.0 Å². The van der Waals surface area contributed by atoms with Gasteiger partial charge in [0.25, 0.3) is 5.91 Å². The number of piperazine rings is 1. The fraction of sp³-hybridized carbons (Fsp3) is 0.292. The Morgan fingerprint density at radius 3 is 2.34 bits per heavy atom. The molecular formula is C24H27N5O5S. The van der Waals surface area contributed by atoms with E-state index in [4.69, 9.17) is 9.84 Å². The van der Waals surface area contributed by atoms with Gasteiger partial charge in [0.15, 0.2) is 10.8 Å². The number of aromatic nitrogens is 1. The number of aliphatic hydroxyl groups excluding tert-OH is 1. The Hall–Kier alpha value is -3.67. The molecule has 1 saturated heterocycles. The molecule has 0 aliphatic carbocycles. The maximum absolute atomic E-state index is 12.8. The molecule has 1 amide bonds. The van der Waals surface area contributed by atoms with Crippen molar-refractivity contribution in [3.63, 3.8) is 0 Å². The zero-order valence-corrected chi connectivity index (χ0v) is 20.0. The number of thiazole rings is 1. The van der Waals surface area contributed by atoms with Crippen molar-refractivity contribution in [3.05, 3.63) is 59.8 Å². The van der Waals surface area contributed by atoms with Crippen LogP contribution in [0.25, 0.3) is 0 Å². The Morgan fingerprint density at radius 1 is 1.06 bits per heavy atom. The van der Waals surface area contributed by atoms with Crippen molar-refractivity contribution < 1.29 is 24.5 Å². The third kappa shape index (κ3) is 6.07. The topological polar surface area (TPSA) is 127 Å². The Labute approximate surface area is 206 Å². The number of ether oxygens (including phenoxy) is 1. The number of hydrogen-bond acceptors (Lipinski definition) is 9. The van der Waals surface area contributed by atoms with E-state index in [-0.39, 0.29) is 17.3 Å². The van der Waals surface area contributed by atoms with Crippen LogP contribution in [0, 0.1) is 0 Å². The van der Waals surface area contributed by atoms with E-state index in [1.807, 2.05) is 12.1 Å². The van der Waals surface area contributed by atoms with Crippen LogP contribution in [0.5, 0.6) is 5.75 Å². The van der Waals surface area contributed by atoms with Gasteiger partial charge in [0.2, 0.25) is 0 Å². The summed E-state index contributed by atoms with van der Waals surface area (Å²) in [5.74, 6) is -0.940. The molecule has 1 aromatic heterocycles. The fourth-order valence-electron chi connectivity index (χ4n) is 3.77. The summed E-state index contributed by atoms with van der Waals surface area (Å²) in [7, 11) is 1.58. The van der Waals surface area contributed by atoms with Crippen molar-refractivity contribution in [2.45, 2.75) is 0 Å². The number of carboxylic acids is 1. The lowest BCUT2D eigenvalue weighted by Crippen LogP contribution is -2.47. The number of carbonyl (C=O) groups excluding carboxylic acids is 1. The Morgan fingerprint density at radius 2 is 1.74 bits per heavy atom. The summed E-state index contributed by atoms with van der Waals surface area (Å²) in [6.07, 6.45) is 0. The van der Waals surface area contributed by atoms with E-state index in [9.17, 15) is 14.7 Å². The van der Waals surface area contributed by atoms with Crippen LogP contribution in [0.15, 0.2) is 48.5 Å². The molecule has 0 bridgehead atoms. The van der Waals surface area contributed by atoms with Gasteiger partial charge in [-0.2, -0.15) is 0 Å². The van der Waals surface area contributed by atoms with E-state index < -0.39 is 11.9 Å². The first-order valence-corrected chi connectivity index (χ1v) is 11.9. The van der Waals surface area contributed by atoms with Crippen molar-refractivity contribution >= 4 is 44.7 Å². The number of methoxy groups -OCH3 is 1. The van der Waals surface area contributed by atoms with E-state index in [2.05, 4.69) is 25.4 Å². The lowest BCUT2D eigenvalue weighted by molar-refractivity contribution is 0.0692. The molecule has 184 valence electrons. The van der Waals surface area contributed by atoms with Crippen LogP contribution in [0.3, 0.4) is 0 Å². The second-order valence-electron chi connectivity index (χ2n) is 7.91. The normalized spacial score (nSPS) is 13.9. The van der Waals surface area contributed by atoms with Gasteiger partial charge in [-0.1, -0.05) is 11.3 Å². The highest BCUT2D eigenvalue weighted by molar-refractivity contribution is 7.20. The van der Waals surface area contributed by atoms with Gasteiger partial charge >= 0.3 is 5.97 Å². The maximum Gasteiger partial charge on any atom is 0.357 e. The molecule has 3 aromatic rings. The summed E-state index contributed by atoms with van der Waals surface area (Å²) in [6, 6.07) is 14.3. The van der Waals surface area contributed by atoms with Crippen LogP contribution in [-0.4, -0.2) is 78.4 Å². The van der Waals surface area contributed by atoms with Crippen LogP contribution in [-0.2, 0) is 0 Å². The van der Waals surface area contributed by atoms with Crippen LogP contribution >= 0.6 is 11.3 Å². The number of aromatic carboxylic acids is 1. The number of aliphatic hydroxyl groups is 1. The Bertz CT molecular complexity index is 1160. The average molecular weight is 498 g/mol. The average Bonchev–Trinajstić information content (AvgIpc) is 3.27. The third-order valence-corrected chi connectivity index (χ3v) is 6.57. The first-order chi connectivity index (χ1) is 17.0. The molecular weight excluding hydrogens is 470 g/mol. The Balaban J connectivity index is 1.41. The van der Waals surface area contributed by atoms with Gasteiger partial charge in [-0.05, 0) is 48.5 Å². The first-order valence-electron chi connectivity index (χ1n) is 11.1. The van der Waals surface area contributed by atoms with Gasteiger partial charge in [-0.25, -0.2) is 9.78 Å². The highest BCUT2D eigenvalue weighted by Gasteiger charge is 2.21. The lowest BCUT2D eigenvalue weighted by atomic mass is 10.1. The van der Waals surface area contributed by atoms with Gasteiger partial charge in [0.1, 0.15) is 10.8 Å². The fourth-order valence-corrected chi connectivity index (χ4v) is 4.64. The van der Waals surface area contributed by atoms with Crippen molar-refractivity contribution in [2.24, 2.45) is 0 Å². The number of carboxylic acid groups (broad SMARTS) is 1. The van der Waals surface area contributed by atoms with Gasteiger partial charge < -0.3 is 30.5 Å². The number of hydrogen-bond donors (Lipinski definition) is 4. The molecule has 10 nitrogen and oxygen atoms in total. The van der Waals surface area contributed by atoms with Gasteiger partial charge in [0.05, 0.1) is 13.7 Å². The molecule has 4 rings (SSSR count). The molecule has 0 spiro atoms. The van der Waals surface area contributed by atoms with E-state index >= 15 is 0 Å². The van der Waals surface area contributed by atoms with Crippen LogP contribution < -0.4 is 20.3 Å². The summed E-state index contributed by atoms with van der Waals surface area (Å²) in [4.78, 5) is 33.1. The molecule has 1 aliphatic rings. The third-order valence-electron chi connectivity index (χ3n) is 5.68. The molecule has 0 radical (unpaired) electrons. The van der Waals surface area contributed by atoms with Gasteiger partial charge in [0, 0.05) is 49.7 Å². The Kier molecular flexibility index (Phi) is 7.80. The summed E-state index contributed by atoms with van der Waals surface area (Å²) in [5, 5.41) is 24.9. The van der Waals surface area contributed by atoms with E-state index in [0.717, 1.165) is 43.2 Å². The number of β-amino-alcohol motifs (C(OH)–C–C–N with tert-alkyl or cyclic N) is 1. The number of nitrogens with one attached hydrogen (secondary N) is 2. The van der Waals surface area contributed by atoms with E-state index in [1.165, 1.54) is 0 Å². The largest absolute Gasteiger partial charge is 0.497 e. The molecule has 4 N–H and O–H groups in total. The molecule has 0 saturated carbocycles. The summed E-state index contributed by atoms with van der Waals surface area (Å²) >= 11 is 1.05. The second-order valence-corrected chi connectivity index (χ2v) is 8.91. The summed E-state index contributed by atoms with van der Waals surface area (Å²) in [5.41, 5.74) is 1.92. The van der Waals surface area contributed by atoms with Crippen molar-refractivity contribution in [1.82, 2.24) is 9.88 Å². The predicted molar refractivity (Wildman–Crippen MR) is 135 cm³/mol. The quantitative estimate of drug-likeness (QED) is 0.353. The number of anilines is 4. The number of rotatable bonds is 9. The monoisotopic (exact) mass is 497 g/mol. The SMILES string of the molecule is COc1ccc(Nc2nc(C(=O)O)c(NC(=O)c3ccc(N4CCN(CCO)CC4)cc3)s2)cc1. The minimum absolute atomic E-state index is 0.155. The van der Waals surface area contributed by atoms with Crippen LogP contribution in [0.4, 0.5) is 21.5 Å². The van der Waals surface area contributed by atoms with Crippen molar-refractivity contribution in [3.8, 4) is 5.75 Å². The second kappa shape index (κ2) is 11.2. The van der Waals surface area contributed by atoms with E-state index in [0.29, 0.717) is 28.7 Å². The molecule has 2 aromatic carbocycles. The smallest absolute Gasteiger partial charge is 0.357 e. The van der Waals surface area contributed by atoms with E-state index in [1.54, 1.807) is 43.5 Å². The molecule has 1 aliphatic heterocycles. The highest BCUT2D eigenvalue weighted by atomic mass is 32.1. The number of amides is 1. The summed E-state index contributed by atoms with van der Waals surface area (Å²) in [6.45, 7) is 4.28. The first kappa shape index (κ1) is 24.5. The predicted octanol–water partition coefficient (Wildman–Crippen LogP) is 2.96. The molecule has 35 heavy (non-hydrogen) atoms. The number of carbonyl (C=O) groups is 2. The molecule has 11 heteroatoms. The van der Waals surface area contributed by atoms with Crippen molar-refractivity contribution in [1.29, 1.82) is 0 Å². The molecule has 1 fully saturated rings. The standard InChI is InChI=1S/C24H27N5O5S/c1-34-19-8-4-17(5-9-19)25-24-26-20(23(32)33)22(35-24)27-21(31)16-2-6-18(7-3-16)29-12-10-28(11-13-29)14-15-30/h2-9,30H,10-15H2,1H3,(H,25,26)(H,27,31)(H,32,33). The van der Waals surface area contributed by atoms with Gasteiger partial charge in [-0.15, -0.1) is 0 Å². The zero-order chi connectivity index (χ0) is 24.8. The number of nitrogens with zero attached hydrogens (tertiary/aromatic N) is 3. The molecule has 0 atom stereocenters. The highest BCUT2D eigenvalue weighted by Crippen LogP contribution is 2.31. The maximum atomic E-state index is 12.8. The molecule has 0 unspecified atom stereocenters.